The number of carbonyl (C=O) groups excluding carboxylic acids is 2. The van der Waals surface area contributed by atoms with Gasteiger partial charge in [0.15, 0.2) is 0 Å². The number of thioether (sulfide) groups is 1. The molecule has 0 amide bonds. The average molecular weight is 857 g/mol. The number of methoxy groups -OCH3 is 3. The number of hydrogen-bond donors (Lipinski definition) is 4. The van der Waals surface area contributed by atoms with Crippen LogP contribution < -0.4 is 9.64 Å². The number of carbonyl (C=O) groups is 2. The van der Waals surface area contributed by atoms with Crippen LogP contribution in [0, 0.1) is 17.3 Å². The Balaban J connectivity index is 1.32. The number of hydrogen-bond acceptors (Lipinski definition) is 12. The molecule has 0 radical (unpaired) electrons. The fourth-order valence-electron chi connectivity index (χ4n) is 13.7. The second-order valence-electron chi connectivity index (χ2n) is 18.8. The number of aliphatic hydroxyl groups excluding tert-OH is 2. The van der Waals surface area contributed by atoms with Crippen molar-refractivity contribution >= 4 is 40.3 Å². The summed E-state index contributed by atoms with van der Waals surface area (Å²) in [6.07, 6.45) is 8.75. The molecule has 3 fully saturated rings. The highest BCUT2D eigenvalue weighted by atomic mass is 32.2. The first kappa shape index (κ1) is 42.7. The van der Waals surface area contributed by atoms with Gasteiger partial charge >= 0.3 is 11.9 Å². The third-order valence-corrected chi connectivity index (χ3v) is 17.2. The molecule has 1 unspecified atom stereocenters. The minimum atomic E-state index is -2.28. The van der Waals surface area contributed by atoms with Crippen molar-refractivity contribution in [3.8, 4) is 5.75 Å². The van der Waals surface area contributed by atoms with Gasteiger partial charge in [-0.25, -0.2) is 4.79 Å². The maximum atomic E-state index is 15.5. The summed E-state index contributed by atoms with van der Waals surface area (Å²) >= 11 is 1.79. The maximum absolute atomic E-state index is 15.5. The lowest BCUT2D eigenvalue weighted by atomic mass is 9.47. The Bertz CT molecular complexity index is 2230. The molecule has 1 saturated carbocycles. The van der Waals surface area contributed by atoms with Gasteiger partial charge in [0.05, 0.1) is 27.4 Å². The number of ether oxygens (including phenoxy) is 3. The van der Waals surface area contributed by atoms with E-state index in [9.17, 15) is 20.1 Å². The van der Waals surface area contributed by atoms with E-state index in [0.29, 0.717) is 49.6 Å². The zero-order valence-electron chi connectivity index (χ0n) is 36.7. The molecule has 6 aliphatic rings. The van der Waals surface area contributed by atoms with E-state index < -0.39 is 40.0 Å². The predicted molar refractivity (Wildman–Crippen MR) is 236 cm³/mol. The summed E-state index contributed by atoms with van der Waals surface area (Å²) in [4.78, 5) is 41.6. The van der Waals surface area contributed by atoms with Gasteiger partial charge in [-0.3, -0.25) is 9.69 Å². The molecule has 5 aliphatic heterocycles. The molecular weight excluding hydrogens is 793 g/mol. The highest BCUT2D eigenvalue weighted by Gasteiger charge is 2.79. The lowest BCUT2D eigenvalue weighted by Gasteiger charge is -2.63. The molecule has 6 heterocycles. The number of H-pyrrole nitrogens is 1. The standard InChI is InChI=1S/C48H64N4O8S/c1-7-29-22-30-26-47(43(55)59-5,39-32(14-18-51(27-29)28-30)33-23-31(12-13-36(33)49-39)61-21-10-9-20-53)35-24-34-37(25-38(35)58-4)50(3)41-46(34)16-19-52-17-11-15-45(8-2,40(46)52)42(54)48(41,57)44(56)60-6/h11-13,15,23-25,29-30,40-42,49,53-54,57H,7-10,14,16-22,26-28H2,1-6H3/t29-,30-,40-,41+,42+,45+,46+,47-,48-/m0/s1. The molecule has 12 nitrogen and oxygen atoms in total. The van der Waals surface area contributed by atoms with Crippen molar-refractivity contribution in [2.24, 2.45) is 17.3 Å². The molecule has 10 atom stereocenters. The van der Waals surface area contributed by atoms with Gasteiger partial charge in [0, 0.05) is 95.5 Å². The SMILES string of the molecule is CC[C@H]1C[C@@H]2CN(CCc3c([nH]c4ccc(SCCCCO)cc34)[C@@](C(=O)OC)(c3cc4c(cc3OC)N(C)[C@H]3[C@@](O)(C(=O)OC)[C@H](O)[C@]5(CC)C=CCN6CC[C@]43[C@@H]65)C2)C1. The van der Waals surface area contributed by atoms with Crippen LogP contribution in [0.4, 0.5) is 5.69 Å². The fourth-order valence-corrected chi connectivity index (χ4v) is 14.6. The predicted octanol–water partition coefficient (Wildman–Crippen LogP) is 5.17. The third-order valence-electron chi connectivity index (χ3n) is 16.2. The zero-order valence-corrected chi connectivity index (χ0v) is 37.5. The largest absolute Gasteiger partial charge is 0.496 e. The van der Waals surface area contributed by atoms with E-state index in [4.69, 9.17) is 14.2 Å². The van der Waals surface area contributed by atoms with E-state index >= 15 is 4.79 Å². The molecule has 2 aromatic carbocycles. The van der Waals surface area contributed by atoms with Gasteiger partial charge in [0.2, 0.25) is 5.60 Å². The topological polar surface area (TPSA) is 148 Å². The molecule has 2 saturated heterocycles. The lowest BCUT2D eigenvalue weighted by molar-refractivity contribution is -0.218. The van der Waals surface area contributed by atoms with Crippen molar-refractivity contribution in [1.29, 1.82) is 0 Å². The smallest absolute Gasteiger partial charge is 0.342 e. The summed E-state index contributed by atoms with van der Waals surface area (Å²) in [7, 11) is 6.30. The Hall–Kier alpha value is -3.59. The van der Waals surface area contributed by atoms with Crippen molar-refractivity contribution in [1.82, 2.24) is 14.8 Å². The molecule has 13 heteroatoms. The first-order chi connectivity index (χ1) is 29.4. The second kappa shape index (κ2) is 15.9. The number of esters is 2. The Morgan fingerprint density at radius 2 is 1.80 bits per heavy atom. The third kappa shape index (κ3) is 5.96. The minimum absolute atomic E-state index is 0.173. The number of aromatic nitrogens is 1. The van der Waals surface area contributed by atoms with Gasteiger partial charge in [-0.15, -0.1) is 11.8 Å². The molecule has 330 valence electrons. The zero-order chi connectivity index (χ0) is 43.1. The van der Waals surface area contributed by atoms with Crippen LogP contribution in [0.2, 0.25) is 0 Å². The Morgan fingerprint density at radius 1 is 1.00 bits per heavy atom. The minimum Gasteiger partial charge on any atom is -0.496 e. The van der Waals surface area contributed by atoms with Crippen LogP contribution in [0.1, 0.15) is 81.2 Å². The molecule has 1 aromatic heterocycles. The van der Waals surface area contributed by atoms with Gasteiger partial charge in [-0.1, -0.05) is 32.4 Å². The number of aliphatic hydroxyl groups is 3. The molecule has 1 spiro atoms. The highest BCUT2D eigenvalue weighted by molar-refractivity contribution is 7.99. The van der Waals surface area contributed by atoms with Crippen molar-refractivity contribution in [3.05, 3.63) is 64.9 Å². The van der Waals surface area contributed by atoms with Crippen LogP contribution >= 0.6 is 11.8 Å². The number of nitrogens with zero attached hydrogens (tertiary/aromatic N) is 3. The molecule has 4 N–H and O–H groups in total. The van der Waals surface area contributed by atoms with Crippen LogP contribution in [0.15, 0.2) is 47.4 Å². The first-order valence-corrected chi connectivity index (χ1v) is 23.5. The van der Waals surface area contributed by atoms with E-state index in [0.717, 1.165) is 95.8 Å². The molecule has 9 rings (SSSR count). The van der Waals surface area contributed by atoms with Crippen LogP contribution in [0.3, 0.4) is 0 Å². The van der Waals surface area contributed by atoms with Crippen LogP contribution in [-0.4, -0.2) is 139 Å². The van der Waals surface area contributed by atoms with Gasteiger partial charge < -0.3 is 44.3 Å². The molecule has 61 heavy (non-hydrogen) atoms. The normalized spacial score (nSPS) is 35.1. The second-order valence-corrected chi connectivity index (χ2v) is 20.0. The molecule has 2 bridgehead atoms. The van der Waals surface area contributed by atoms with Crippen molar-refractivity contribution in [3.63, 3.8) is 0 Å². The quantitative estimate of drug-likeness (QED) is 0.0874. The number of rotatable bonds is 11. The maximum Gasteiger partial charge on any atom is 0.342 e. The summed E-state index contributed by atoms with van der Waals surface area (Å²) in [5.74, 6) is 0.881. The molecule has 1 aliphatic carbocycles. The Kier molecular flexibility index (Phi) is 11.1. The number of anilines is 1. The van der Waals surface area contributed by atoms with Crippen LogP contribution in [0.5, 0.6) is 5.75 Å². The van der Waals surface area contributed by atoms with E-state index in [-0.39, 0.29) is 24.5 Å². The van der Waals surface area contributed by atoms with Crippen LogP contribution in [0.25, 0.3) is 10.9 Å². The Morgan fingerprint density at radius 3 is 2.52 bits per heavy atom. The van der Waals surface area contributed by atoms with Gasteiger partial charge in [0.1, 0.15) is 17.3 Å². The van der Waals surface area contributed by atoms with E-state index in [1.54, 1.807) is 18.9 Å². The first-order valence-electron chi connectivity index (χ1n) is 22.5. The summed E-state index contributed by atoms with van der Waals surface area (Å²) in [5.41, 5.74) is -0.0751. The van der Waals surface area contributed by atoms with E-state index in [1.807, 2.05) is 31.0 Å². The number of benzene rings is 2. The van der Waals surface area contributed by atoms with Gasteiger partial charge in [0.25, 0.3) is 0 Å². The summed E-state index contributed by atoms with van der Waals surface area (Å²) in [5, 5.41) is 36.0. The number of piperidine rings is 1. The van der Waals surface area contributed by atoms with E-state index in [1.165, 1.54) is 14.2 Å². The van der Waals surface area contributed by atoms with Crippen LogP contribution in [-0.2, 0) is 36.3 Å². The summed E-state index contributed by atoms with van der Waals surface area (Å²) < 4.78 is 17.9. The number of fused-ring (bicyclic) bond motifs is 6. The number of unbranched alkanes of at least 4 members (excludes halogenated alkanes) is 1. The summed E-state index contributed by atoms with van der Waals surface area (Å²) in [6, 6.07) is 9.58. The average Bonchev–Trinajstić information content (AvgIpc) is 3.94. The van der Waals surface area contributed by atoms with Crippen molar-refractivity contribution < 1.29 is 39.1 Å². The van der Waals surface area contributed by atoms with Crippen molar-refractivity contribution in [2.75, 3.05) is 78.4 Å². The summed E-state index contributed by atoms with van der Waals surface area (Å²) in [6.45, 7) is 8.64. The number of nitrogens with one attached hydrogen (secondary N) is 1. The lowest BCUT2D eigenvalue weighted by Crippen LogP contribution is -2.80. The Labute approximate surface area is 364 Å². The molecular formula is C48H64N4O8S. The van der Waals surface area contributed by atoms with Gasteiger partial charge in [-0.05, 0) is 104 Å². The fraction of sp³-hybridized carbons (Fsp3) is 0.625. The number of aromatic amines is 1. The molecule has 3 aromatic rings. The van der Waals surface area contributed by atoms with E-state index in [2.05, 4.69) is 52.0 Å². The van der Waals surface area contributed by atoms with Gasteiger partial charge in [-0.2, -0.15) is 0 Å². The van der Waals surface area contributed by atoms with Crippen molar-refractivity contribution in [2.45, 2.75) is 105 Å². The monoisotopic (exact) mass is 856 g/mol. The number of likely N-dealkylation sites (N-methyl/N-ethyl adjacent to an activating group) is 1. The highest BCUT2D eigenvalue weighted by Crippen LogP contribution is 2.67.